The maximum absolute atomic E-state index is 12.1. The third-order valence-electron chi connectivity index (χ3n) is 4.67. The quantitative estimate of drug-likeness (QED) is 0.194. The Bertz CT molecular complexity index is 757. The van der Waals surface area contributed by atoms with Gasteiger partial charge < -0.3 is 19.7 Å². The number of carboxylic acid groups (broad SMARTS) is 1. The Hall–Kier alpha value is -2.67. The van der Waals surface area contributed by atoms with Crippen molar-refractivity contribution in [3.8, 4) is 5.75 Å². The maximum atomic E-state index is 12.1. The van der Waals surface area contributed by atoms with Gasteiger partial charge in [0.25, 0.3) is 0 Å². The Kier molecular flexibility index (Phi) is 11.0. The number of carbonyl (C=O) groups is 3. The van der Waals surface area contributed by atoms with Crippen LogP contribution >= 0.6 is 0 Å². The molecule has 7 nitrogen and oxygen atoms in total. The van der Waals surface area contributed by atoms with E-state index < -0.39 is 23.6 Å². The molecule has 0 radical (unpaired) electrons. The number of ether oxygens (including phenoxy) is 2. The molecule has 0 aliphatic rings. The summed E-state index contributed by atoms with van der Waals surface area (Å²) in [5.74, 6) is -1.78. The van der Waals surface area contributed by atoms with Gasteiger partial charge in [-0.25, -0.2) is 9.59 Å². The number of aliphatic carboxylic acids is 1. The van der Waals surface area contributed by atoms with Crippen LogP contribution in [0.3, 0.4) is 0 Å². The van der Waals surface area contributed by atoms with Crippen LogP contribution in [0.5, 0.6) is 5.75 Å². The van der Waals surface area contributed by atoms with Crippen LogP contribution in [0.15, 0.2) is 35.9 Å². The molecule has 7 heteroatoms. The highest BCUT2D eigenvalue weighted by molar-refractivity contribution is 6.01. The van der Waals surface area contributed by atoms with E-state index in [1.165, 1.54) is 20.8 Å². The monoisotopic (exact) mass is 434 g/mol. The summed E-state index contributed by atoms with van der Waals surface area (Å²) in [5.41, 5.74) is -1.08. The first-order chi connectivity index (χ1) is 14.5. The Morgan fingerprint density at radius 1 is 1.06 bits per heavy atom. The number of hydrogen-bond donors (Lipinski definition) is 2. The maximum Gasteiger partial charge on any atom is 0.334 e. The van der Waals surface area contributed by atoms with Crippen molar-refractivity contribution >= 4 is 17.7 Å². The van der Waals surface area contributed by atoms with Crippen molar-refractivity contribution in [1.29, 1.82) is 0 Å². The van der Waals surface area contributed by atoms with Gasteiger partial charge in [0.05, 0.1) is 0 Å². The van der Waals surface area contributed by atoms with Crippen molar-refractivity contribution in [2.75, 3.05) is 6.61 Å². The Morgan fingerprint density at radius 3 is 2.23 bits per heavy atom. The van der Waals surface area contributed by atoms with E-state index in [0.717, 1.165) is 38.2 Å². The molecule has 1 aromatic carbocycles. The van der Waals surface area contributed by atoms with Crippen molar-refractivity contribution in [2.45, 2.75) is 77.9 Å². The summed E-state index contributed by atoms with van der Waals surface area (Å²) < 4.78 is 11.2. The summed E-state index contributed by atoms with van der Waals surface area (Å²) in [5, 5.41) is 18.6. The minimum absolute atomic E-state index is 0.00341. The van der Waals surface area contributed by atoms with Gasteiger partial charge in [0.2, 0.25) is 0 Å². The minimum atomic E-state index is -1.46. The van der Waals surface area contributed by atoms with Crippen LogP contribution in [0.1, 0.15) is 76.6 Å². The molecule has 0 amide bonds. The fourth-order valence-corrected chi connectivity index (χ4v) is 2.91. The van der Waals surface area contributed by atoms with Gasteiger partial charge in [0.1, 0.15) is 24.1 Å². The molecule has 0 bridgehead atoms. The highest BCUT2D eigenvalue weighted by atomic mass is 16.6. The van der Waals surface area contributed by atoms with Crippen LogP contribution in [0.25, 0.3) is 0 Å². The van der Waals surface area contributed by atoms with Gasteiger partial charge in [-0.05, 0) is 57.9 Å². The first-order valence-corrected chi connectivity index (χ1v) is 10.7. The van der Waals surface area contributed by atoms with Crippen molar-refractivity contribution in [1.82, 2.24) is 0 Å². The van der Waals surface area contributed by atoms with Crippen molar-refractivity contribution < 1.29 is 34.1 Å². The molecule has 1 atom stereocenters. The highest BCUT2D eigenvalue weighted by Gasteiger charge is 2.25. The zero-order valence-electron chi connectivity index (χ0n) is 18.8. The van der Waals surface area contributed by atoms with E-state index in [4.69, 9.17) is 14.6 Å². The third kappa shape index (κ3) is 10.3. The molecule has 2 N–H and O–H groups in total. The highest BCUT2D eigenvalue weighted by Crippen LogP contribution is 2.20. The van der Waals surface area contributed by atoms with Gasteiger partial charge in [-0.1, -0.05) is 32.6 Å². The van der Waals surface area contributed by atoms with Gasteiger partial charge in [0, 0.05) is 17.2 Å². The molecule has 31 heavy (non-hydrogen) atoms. The van der Waals surface area contributed by atoms with E-state index in [9.17, 15) is 19.5 Å². The molecule has 0 fully saturated rings. The fourth-order valence-electron chi connectivity index (χ4n) is 2.91. The molecular formula is C24H34O7. The Labute approximate surface area is 184 Å². The largest absolute Gasteiger partial charge is 0.487 e. The lowest BCUT2D eigenvalue weighted by molar-refractivity contribution is -0.142. The third-order valence-corrected chi connectivity index (χ3v) is 4.67. The van der Waals surface area contributed by atoms with Crippen molar-refractivity contribution in [3.05, 3.63) is 41.5 Å². The number of rotatable bonds is 14. The number of aliphatic hydroxyl groups is 1. The molecule has 0 aromatic heterocycles. The molecule has 0 aliphatic heterocycles. The number of benzene rings is 1. The number of carboxylic acids is 1. The summed E-state index contributed by atoms with van der Waals surface area (Å²) in [6.45, 7) is 6.38. The second kappa shape index (κ2) is 12.9. The minimum Gasteiger partial charge on any atom is -0.487 e. The molecule has 0 heterocycles. The summed E-state index contributed by atoms with van der Waals surface area (Å²) in [7, 11) is 0. The first-order valence-electron chi connectivity index (χ1n) is 10.7. The van der Waals surface area contributed by atoms with E-state index >= 15 is 0 Å². The number of unbranched alkanes of at least 4 members (excludes halogenated alkanes) is 4. The van der Waals surface area contributed by atoms with E-state index in [0.29, 0.717) is 17.7 Å². The van der Waals surface area contributed by atoms with Crippen LogP contribution in [-0.4, -0.2) is 46.2 Å². The Morgan fingerprint density at radius 2 is 1.68 bits per heavy atom. The molecule has 172 valence electrons. The molecule has 1 rings (SSSR count). The normalized spacial score (nSPS) is 12.9. The molecule has 1 aromatic rings. The lowest BCUT2D eigenvalue weighted by Gasteiger charge is -2.20. The summed E-state index contributed by atoms with van der Waals surface area (Å²) in [6.07, 6.45) is 6.44. The topological polar surface area (TPSA) is 110 Å². The summed E-state index contributed by atoms with van der Waals surface area (Å²) in [4.78, 5) is 34.9. The molecule has 0 spiro atoms. The number of Topliss-reactive ketones (excluding diaryl/α,β-unsaturated/α-hetero) is 1. The second-order valence-corrected chi connectivity index (χ2v) is 8.12. The predicted molar refractivity (Wildman–Crippen MR) is 117 cm³/mol. The predicted octanol–water partition coefficient (Wildman–Crippen LogP) is 4.32. The van der Waals surface area contributed by atoms with Crippen molar-refractivity contribution in [3.63, 3.8) is 0 Å². The molecule has 0 aliphatic carbocycles. The number of esters is 1. The standard InChI is InChI=1S/C24H34O7/c1-5-6-7-8-9-10-20(16-30-23(28)17(2)15-21(25)26)31-19-13-11-18(12-14-19)22(27)24(3,4)29/h11-15,20,29H,5-10,16H2,1-4H3,(H,25,26)/b17-15-. The van der Waals surface area contributed by atoms with Crippen LogP contribution in [0.2, 0.25) is 0 Å². The van der Waals surface area contributed by atoms with Crippen LogP contribution in [0, 0.1) is 0 Å². The van der Waals surface area contributed by atoms with Gasteiger partial charge >= 0.3 is 11.9 Å². The first kappa shape index (κ1) is 26.4. The van der Waals surface area contributed by atoms with Crippen molar-refractivity contribution in [2.24, 2.45) is 0 Å². The fraction of sp³-hybridized carbons (Fsp3) is 0.542. The summed E-state index contributed by atoms with van der Waals surface area (Å²) in [6, 6.07) is 6.44. The van der Waals surface area contributed by atoms with Crippen LogP contribution < -0.4 is 4.74 Å². The van der Waals surface area contributed by atoms with Gasteiger partial charge in [-0.3, -0.25) is 4.79 Å². The van der Waals surface area contributed by atoms with Gasteiger partial charge in [-0.15, -0.1) is 0 Å². The average Bonchev–Trinajstić information content (AvgIpc) is 2.70. The van der Waals surface area contributed by atoms with Crippen LogP contribution in [-0.2, 0) is 14.3 Å². The number of carbonyl (C=O) groups excluding carboxylic acids is 2. The van der Waals surface area contributed by atoms with E-state index in [-0.39, 0.29) is 18.0 Å². The molecule has 1 unspecified atom stereocenters. The van der Waals surface area contributed by atoms with Gasteiger partial charge in [0.15, 0.2) is 5.78 Å². The van der Waals surface area contributed by atoms with Gasteiger partial charge in [-0.2, -0.15) is 0 Å². The lowest BCUT2D eigenvalue weighted by atomic mass is 9.97. The van der Waals surface area contributed by atoms with Crippen LogP contribution in [0.4, 0.5) is 0 Å². The molecular weight excluding hydrogens is 400 g/mol. The Balaban J connectivity index is 2.78. The molecule has 0 saturated heterocycles. The van der Waals surface area contributed by atoms with E-state index in [2.05, 4.69) is 6.92 Å². The summed E-state index contributed by atoms with van der Waals surface area (Å²) >= 11 is 0. The smallest absolute Gasteiger partial charge is 0.334 e. The zero-order valence-corrected chi connectivity index (χ0v) is 18.8. The van der Waals surface area contributed by atoms with E-state index in [1.54, 1.807) is 24.3 Å². The SMILES string of the molecule is CCCCCCCC(COC(=O)/C(C)=C\C(=O)O)Oc1ccc(C(=O)C(C)(C)O)cc1. The zero-order chi connectivity index (χ0) is 23.4. The lowest BCUT2D eigenvalue weighted by Crippen LogP contribution is -2.31. The number of hydrogen-bond acceptors (Lipinski definition) is 6. The van der Waals surface area contributed by atoms with E-state index in [1.807, 2.05) is 0 Å². The molecule has 0 saturated carbocycles. The second-order valence-electron chi connectivity index (χ2n) is 8.12. The average molecular weight is 435 g/mol. The number of ketones is 1.